The third-order valence-corrected chi connectivity index (χ3v) is 4.03. The normalized spacial score (nSPS) is 14.0. The molecular formula is C19H21F3N2O. The summed E-state index contributed by atoms with van der Waals surface area (Å²) in [5.41, 5.74) is 1.80. The largest absolute Gasteiger partial charge is 0.416 e. The van der Waals surface area contributed by atoms with Crippen LogP contribution in [0.5, 0.6) is 0 Å². The van der Waals surface area contributed by atoms with E-state index in [1.54, 1.807) is 6.92 Å². The van der Waals surface area contributed by atoms with Crippen LogP contribution in [0.3, 0.4) is 0 Å². The van der Waals surface area contributed by atoms with Gasteiger partial charge in [-0.05, 0) is 56.2 Å². The molecule has 0 radical (unpaired) electrons. The van der Waals surface area contributed by atoms with Crippen LogP contribution >= 0.6 is 0 Å². The third-order valence-electron chi connectivity index (χ3n) is 4.03. The number of hydrogen-bond acceptors (Lipinski definition) is 2. The number of amides is 1. The van der Waals surface area contributed by atoms with E-state index in [4.69, 9.17) is 0 Å². The van der Waals surface area contributed by atoms with Gasteiger partial charge in [-0.1, -0.05) is 24.3 Å². The molecule has 1 amide bonds. The van der Waals surface area contributed by atoms with Crippen LogP contribution in [0.4, 0.5) is 18.9 Å². The first-order valence-corrected chi connectivity index (χ1v) is 7.98. The van der Waals surface area contributed by atoms with E-state index in [0.29, 0.717) is 5.69 Å². The topological polar surface area (TPSA) is 41.1 Å². The summed E-state index contributed by atoms with van der Waals surface area (Å²) in [7, 11) is 0. The van der Waals surface area contributed by atoms with Gasteiger partial charge in [-0.15, -0.1) is 0 Å². The van der Waals surface area contributed by atoms with Gasteiger partial charge in [-0.2, -0.15) is 13.2 Å². The van der Waals surface area contributed by atoms with Gasteiger partial charge in [0.25, 0.3) is 0 Å². The van der Waals surface area contributed by atoms with E-state index in [-0.39, 0.29) is 11.9 Å². The summed E-state index contributed by atoms with van der Waals surface area (Å²) in [5, 5.41) is 5.82. The fraction of sp³-hybridized carbons (Fsp3) is 0.316. The van der Waals surface area contributed by atoms with Crippen LogP contribution in [0, 0.1) is 6.92 Å². The number of hydrogen-bond donors (Lipinski definition) is 2. The smallest absolute Gasteiger partial charge is 0.325 e. The zero-order valence-electron chi connectivity index (χ0n) is 14.3. The Morgan fingerprint density at radius 2 is 1.60 bits per heavy atom. The van der Waals surface area contributed by atoms with Crippen LogP contribution in [-0.2, 0) is 11.0 Å². The number of nitrogens with one attached hydrogen (secondary N) is 2. The highest BCUT2D eigenvalue weighted by Crippen LogP contribution is 2.29. The SMILES string of the molecule is Cc1ccccc1[C@@H](C)N[C@H](C)C(=O)Nc1ccc(C(F)(F)F)cc1. The molecule has 0 spiro atoms. The monoisotopic (exact) mass is 350 g/mol. The van der Waals surface area contributed by atoms with Crippen LogP contribution in [-0.4, -0.2) is 11.9 Å². The van der Waals surface area contributed by atoms with Crippen molar-refractivity contribution in [3.05, 3.63) is 65.2 Å². The van der Waals surface area contributed by atoms with Crippen LogP contribution in [0.2, 0.25) is 0 Å². The molecular weight excluding hydrogens is 329 g/mol. The Morgan fingerprint density at radius 3 is 2.16 bits per heavy atom. The number of anilines is 1. The average molecular weight is 350 g/mol. The lowest BCUT2D eigenvalue weighted by atomic mass is 10.0. The maximum atomic E-state index is 12.6. The Morgan fingerprint density at radius 1 is 1.00 bits per heavy atom. The lowest BCUT2D eigenvalue weighted by Crippen LogP contribution is -2.39. The van der Waals surface area contributed by atoms with Crippen molar-refractivity contribution in [2.75, 3.05) is 5.32 Å². The van der Waals surface area contributed by atoms with Crippen molar-refractivity contribution in [1.82, 2.24) is 5.32 Å². The Hall–Kier alpha value is -2.34. The van der Waals surface area contributed by atoms with Gasteiger partial charge in [-0.3, -0.25) is 10.1 Å². The molecule has 2 atom stereocenters. The van der Waals surface area contributed by atoms with E-state index < -0.39 is 17.8 Å². The van der Waals surface area contributed by atoms with Crippen molar-refractivity contribution in [2.24, 2.45) is 0 Å². The highest BCUT2D eigenvalue weighted by Gasteiger charge is 2.30. The minimum atomic E-state index is -4.39. The van der Waals surface area contributed by atoms with E-state index >= 15 is 0 Å². The summed E-state index contributed by atoms with van der Waals surface area (Å²) in [6.45, 7) is 5.68. The molecule has 2 rings (SSSR count). The van der Waals surface area contributed by atoms with Crippen LogP contribution in [0.25, 0.3) is 0 Å². The molecule has 0 saturated carbocycles. The van der Waals surface area contributed by atoms with Gasteiger partial charge in [-0.25, -0.2) is 0 Å². The molecule has 6 heteroatoms. The standard InChI is InChI=1S/C19H21F3N2O/c1-12-6-4-5-7-17(12)13(2)23-14(3)18(25)24-16-10-8-15(9-11-16)19(20,21)22/h4-11,13-14,23H,1-3H3,(H,24,25)/t13-,14-/m1/s1. The summed E-state index contributed by atoms with van der Waals surface area (Å²) < 4.78 is 37.7. The molecule has 0 heterocycles. The van der Waals surface area contributed by atoms with Gasteiger partial charge in [0.2, 0.25) is 5.91 Å². The molecule has 2 aromatic carbocycles. The molecule has 0 aliphatic rings. The highest BCUT2D eigenvalue weighted by atomic mass is 19.4. The minimum absolute atomic E-state index is 0.0328. The average Bonchev–Trinajstić information content (AvgIpc) is 2.54. The fourth-order valence-electron chi connectivity index (χ4n) is 2.61. The Bertz CT molecular complexity index is 726. The zero-order chi connectivity index (χ0) is 18.6. The number of alkyl halides is 3. The number of carbonyl (C=O) groups excluding carboxylic acids is 1. The van der Waals surface area contributed by atoms with Crippen molar-refractivity contribution in [3.8, 4) is 0 Å². The van der Waals surface area contributed by atoms with Crippen molar-refractivity contribution >= 4 is 11.6 Å². The maximum absolute atomic E-state index is 12.6. The maximum Gasteiger partial charge on any atom is 0.416 e. The van der Waals surface area contributed by atoms with E-state index in [1.807, 2.05) is 38.1 Å². The molecule has 0 aliphatic carbocycles. The fourth-order valence-corrected chi connectivity index (χ4v) is 2.61. The van der Waals surface area contributed by atoms with E-state index in [2.05, 4.69) is 10.6 Å². The Labute approximate surface area is 145 Å². The van der Waals surface area contributed by atoms with Crippen molar-refractivity contribution in [1.29, 1.82) is 0 Å². The Balaban J connectivity index is 1.97. The van der Waals surface area contributed by atoms with E-state index in [0.717, 1.165) is 23.3 Å². The molecule has 0 saturated heterocycles. The molecule has 0 fully saturated rings. The van der Waals surface area contributed by atoms with E-state index in [9.17, 15) is 18.0 Å². The van der Waals surface area contributed by atoms with Crippen molar-refractivity contribution in [2.45, 2.75) is 39.0 Å². The first kappa shape index (κ1) is 19.0. The molecule has 0 aliphatic heterocycles. The van der Waals surface area contributed by atoms with Crippen molar-refractivity contribution in [3.63, 3.8) is 0 Å². The Kier molecular flexibility index (Phi) is 5.85. The second-order valence-electron chi connectivity index (χ2n) is 6.03. The molecule has 2 N–H and O–H groups in total. The van der Waals surface area contributed by atoms with Crippen molar-refractivity contribution < 1.29 is 18.0 Å². The summed E-state index contributed by atoms with van der Waals surface area (Å²) >= 11 is 0. The lowest BCUT2D eigenvalue weighted by Gasteiger charge is -2.21. The van der Waals surface area contributed by atoms with Gasteiger partial charge >= 0.3 is 6.18 Å². The minimum Gasteiger partial charge on any atom is -0.325 e. The van der Waals surface area contributed by atoms with Crippen LogP contribution in [0.1, 0.15) is 36.6 Å². The van der Waals surface area contributed by atoms with Gasteiger partial charge < -0.3 is 5.32 Å². The molecule has 25 heavy (non-hydrogen) atoms. The first-order valence-electron chi connectivity index (χ1n) is 7.98. The highest BCUT2D eigenvalue weighted by molar-refractivity contribution is 5.94. The van der Waals surface area contributed by atoms with Gasteiger partial charge in [0, 0.05) is 11.7 Å². The number of carbonyl (C=O) groups is 1. The number of benzene rings is 2. The number of halogens is 3. The summed E-state index contributed by atoms with van der Waals surface area (Å²) in [6, 6.07) is 11.7. The van der Waals surface area contributed by atoms with Crippen LogP contribution < -0.4 is 10.6 Å². The lowest BCUT2D eigenvalue weighted by molar-refractivity contribution is -0.137. The van der Waals surface area contributed by atoms with Gasteiger partial charge in [0.05, 0.1) is 11.6 Å². The zero-order valence-corrected chi connectivity index (χ0v) is 14.3. The molecule has 0 bridgehead atoms. The predicted molar refractivity (Wildman–Crippen MR) is 92.3 cm³/mol. The number of rotatable bonds is 5. The van der Waals surface area contributed by atoms with Crippen LogP contribution in [0.15, 0.2) is 48.5 Å². The van der Waals surface area contributed by atoms with Gasteiger partial charge in [0.1, 0.15) is 0 Å². The first-order chi connectivity index (χ1) is 11.7. The summed E-state index contributed by atoms with van der Waals surface area (Å²) in [6.07, 6.45) is -4.39. The molecule has 3 nitrogen and oxygen atoms in total. The summed E-state index contributed by atoms with van der Waals surface area (Å²) in [4.78, 5) is 12.3. The molecule has 0 unspecified atom stereocenters. The third kappa shape index (κ3) is 5.06. The molecule has 0 aromatic heterocycles. The van der Waals surface area contributed by atoms with Gasteiger partial charge in [0.15, 0.2) is 0 Å². The molecule has 134 valence electrons. The molecule has 2 aromatic rings. The predicted octanol–water partition coefficient (Wildman–Crippen LogP) is 4.69. The second kappa shape index (κ2) is 7.70. The quantitative estimate of drug-likeness (QED) is 0.821. The summed E-state index contributed by atoms with van der Waals surface area (Å²) in [5.74, 6) is -0.305. The second-order valence-corrected chi connectivity index (χ2v) is 6.03. The number of aryl methyl sites for hydroxylation is 1. The van der Waals surface area contributed by atoms with E-state index in [1.165, 1.54) is 12.1 Å².